The second-order valence-corrected chi connectivity index (χ2v) is 7.15. The molecular formula is C19H14N2O3S2. The van der Waals surface area contributed by atoms with E-state index in [0.717, 1.165) is 16.1 Å². The van der Waals surface area contributed by atoms with Gasteiger partial charge in [-0.3, -0.25) is 0 Å². The number of thioether (sulfide) groups is 1. The fourth-order valence-electron chi connectivity index (χ4n) is 2.41. The van der Waals surface area contributed by atoms with E-state index in [2.05, 4.69) is 9.97 Å². The lowest BCUT2D eigenvalue weighted by molar-refractivity contribution is 0.0436. The first-order chi connectivity index (χ1) is 12.8. The number of aromatic nitrogens is 2. The molecule has 0 aliphatic rings. The highest BCUT2D eigenvalue weighted by Gasteiger charge is 2.15. The third-order valence-corrected chi connectivity index (χ3v) is 5.37. The third-order valence-electron chi connectivity index (χ3n) is 3.63. The van der Waals surface area contributed by atoms with Crippen LogP contribution < -0.4 is 0 Å². The van der Waals surface area contributed by atoms with Crippen molar-refractivity contribution in [3.8, 4) is 0 Å². The van der Waals surface area contributed by atoms with Gasteiger partial charge < -0.3 is 9.15 Å². The Morgan fingerprint density at radius 2 is 2.00 bits per heavy atom. The van der Waals surface area contributed by atoms with E-state index in [1.807, 2.05) is 47.8 Å². The van der Waals surface area contributed by atoms with Gasteiger partial charge in [0.05, 0.1) is 16.8 Å². The molecule has 0 fully saturated rings. The molecule has 26 heavy (non-hydrogen) atoms. The second-order valence-electron chi connectivity index (χ2n) is 5.42. The van der Waals surface area contributed by atoms with Crippen LogP contribution in [0.4, 0.5) is 0 Å². The van der Waals surface area contributed by atoms with Gasteiger partial charge >= 0.3 is 5.97 Å². The molecular weight excluding hydrogens is 368 g/mol. The van der Waals surface area contributed by atoms with E-state index in [1.165, 1.54) is 0 Å². The van der Waals surface area contributed by atoms with Crippen molar-refractivity contribution in [2.24, 2.45) is 0 Å². The fourth-order valence-corrected chi connectivity index (χ4v) is 4.02. The van der Waals surface area contributed by atoms with Crippen LogP contribution in [-0.2, 0) is 17.1 Å². The Morgan fingerprint density at radius 3 is 2.85 bits per heavy atom. The van der Waals surface area contributed by atoms with Crippen LogP contribution in [0.2, 0.25) is 0 Å². The van der Waals surface area contributed by atoms with Crippen LogP contribution in [-0.4, -0.2) is 15.9 Å². The molecule has 0 bridgehead atoms. The van der Waals surface area contributed by atoms with Crippen LogP contribution in [0.3, 0.4) is 0 Å². The number of carbonyl (C=O) groups excluding carboxylic acids is 1. The molecule has 0 aliphatic carbocycles. The van der Waals surface area contributed by atoms with Crippen LogP contribution in [0.25, 0.3) is 11.1 Å². The molecule has 0 N–H and O–H groups in total. The summed E-state index contributed by atoms with van der Waals surface area (Å²) in [7, 11) is 0. The number of fused-ring (bicyclic) bond motifs is 1. The number of ether oxygens (including phenoxy) is 1. The monoisotopic (exact) mass is 382 g/mol. The van der Waals surface area contributed by atoms with Crippen LogP contribution in [0, 0.1) is 0 Å². The number of thiazole rings is 1. The van der Waals surface area contributed by atoms with Gasteiger partial charge in [-0.15, -0.1) is 23.1 Å². The molecule has 0 saturated heterocycles. The number of rotatable bonds is 6. The zero-order valence-electron chi connectivity index (χ0n) is 13.6. The number of para-hydroxylation sites is 2. The Labute approximate surface area is 158 Å². The summed E-state index contributed by atoms with van der Waals surface area (Å²) >= 11 is 3.12. The van der Waals surface area contributed by atoms with E-state index in [0.29, 0.717) is 22.8 Å². The van der Waals surface area contributed by atoms with Crippen molar-refractivity contribution in [3.05, 3.63) is 76.6 Å². The first-order valence-electron chi connectivity index (χ1n) is 7.90. The fraction of sp³-hybridized carbons (Fsp3) is 0.105. The first-order valence-corrected chi connectivity index (χ1v) is 9.83. The zero-order valence-corrected chi connectivity index (χ0v) is 15.3. The third kappa shape index (κ3) is 3.79. The first kappa shape index (κ1) is 16.8. The number of carbonyl (C=O) groups is 1. The van der Waals surface area contributed by atoms with E-state index in [-0.39, 0.29) is 6.61 Å². The maximum atomic E-state index is 12.5. The summed E-state index contributed by atoms with van der Waals surface area (Å²) in [5, 5.41) is 2.00. The van der Waals surface area contributed by atoms with E-state index >= 15 is 0 Å². The van der Waals surface area contributed by atoms with Gasteiger partial charge in [-0.2, -0.15) is 0 Å². The standard InChI is InChI=1S/C19H14N2O3S2/c22-19(23-9-18-21-15-6-2-3-7-16(15)24-18)14-5-1-4-8-17(14)26-11-13-10-25-12-20-13/h1-8,10,12H,9,11H2. The van der Waals surface area contributed by atoms with Crippen LogP contribution in [0.15, 0.2) is 68.7 Å². The van der Waals surface area contributed by atoms with E-state index in [1.54, 1.807) is 34.7 Å². The van der Waals surface area contributed by atoms with Gasteiger partial charge in [-0.25, -0.2) is 14.8 Å². The van der Waals surface area contributed by atoms with Crippen molar-refractivity contribution in [1.29, 1.82) is 0 Å². The highest BCUT2D eigenvalue weighted by atomic mass is 32.2. The topological polar surface area (TPSA) is 65.2 Å². The maximum Gasteiger partial charge on any atom is 0.339 e. The van der Waals surface area contributed by atoms with E-state index in [4.69, 9.17) is 9.15 Å². The van der Waals surface area contributed by atoms with Crippen molar-refractivity contribution in [3.63, 3.8) is 0 Å². The lowest BCUT2D eigenvalue weighted by Crippen LogP contribution is -2.06. The van der Waals surface area contributed by atoms with Gasteiger partial charge in [-0.1, -0.05) is 24.3 Å². The van der Waals surface area contributed by atoms with E-state index < -0.39 is 5.97 Å². The minimum absolute atomic E-state index is 0.00139. The lowest BCUT2D eigenvalue weighted by Gasteiger charge is -2.07. The van der Waals surface area contributed by atoms with Gasteiger partial charge in [-0.05, 0) is 24.3 Å². The molecule has 2 heterocycles. The summed E-state index contributed by atoms with van der Waals surface area (Å²) in [5.74, 6) is 0.694. The molecule has 4 aromatic rings. The Kier molecular flexibility index (Phi) is 4.99. The largest absolute Gasteiger partial charge is 0.452 e. The smallest absolute Gasteiger partial charge is 0.339 e. The van der Waals surface area contributed by atoms with Crippen molar-refractivity contribution in [2.75, 3.05) is 0 Å². The molecule has 2 aromatic carbocycles. The van der Waals surface area contributed by atoms with Crippen LogP contribution in [0.5, 0.6) is 0 Å². The molecule has 0 aliphatic heterocycles. The summed E-state index contributed by atoms with van der Waals surface area (Å²) in [6.07, 6.45) is 0. The Morgan fingerprint density at radius 1 is 1.15 bits per heavy atom. The number of hydrogen-bond acceptors (Lipinski definition) is 7. The SMILES string of the molecule is O=C(OCc1nc2ccccc2o1)c1ccccc1SCc1cscn1. The zero-order chi connectivity index (χ0) is 17.8. The molecule has 0 saturated carbocycles. The van der Waals surface area contributed by atoms with Crippen LogP contribution in [0.1, 0.15) is 21.9 Å². The number of esters is 1. The minimum Gasteiger partial charge on any atom is -0.452 e. The minimum atomic E-state index is -0.395. The summed E-state index contributed by atoms with van der Waals surface area (Å²) < 4.78 is 11.0. The number of benzene rings is 2. The molecule has 2 aromatic heterocycles. The predicted molar refractivity (Wildman–Crippen MR) is 101 cm³/mol. The summed E-state index contributed by atoms with van der Waals surface area (Å²) in [6, 6.07) is 14.8. The molecule has 7 heteroatoms. The average molecular weight is 382 g/mol. The molecule has 4 rings (SSSR count). The van der Waals surface area contributed by atoms with E-state index in [9.17, 15) is 4.79 Å². The molecule has 5 nitrogen and oxygen atoms in total. The number of hydrogen-bond donors (Lipinski definition) is 0. The van der Waals surface area contributed by atoms with Gasteiger partial charge in [0.1, 0.15) is 5.52 Å². The van der Waals surface area contributed by atoms with Gasteiger partial charge in [0.15, 0.2) is 12.2 Å². The maximum absolute atomic E-state index is 12.5. The van der Waals surface area contributed by atoms with Gasteiger partial charge in [0, 0.05) is 16.0 Å². The summed E-state index contributed by atoms with van der Waals surface area (Å²) in [6.45, 7) is -0.00139. The van der Waals surface area contributed by atoms with Crippen molar-refractivity contribution in [2.45, 2.75) is 17.3 Å². The molecule has 0 spiro atoms. The lowest BCUT2D eigenvalue weighted by atomic mass is 10.2. The molecule has 0 radical (unpaired) electrons. The van der Waals surface area contributed by atoms with Gasteiger partial charge in [0.25, 0.3) is 0 Å². The highest BCUT2D eigenvalue weighted by molar-refractivity contribution is 7.98. The Balaban J connectivity index is 1.44. The Bertz CT molecular complexity index is 995. The quantitative estimate of drug-likeness (QED) is 0.348. The molecule has 0 unspecified atom stereocenters. The van der Waals surface area contributed by atoms with Crippen molar-refractivity contribution >= 4 is 40.2 Å². The van der Waals surface area contributed by atoms with Crippen molar-refractivity contribution < 1.29 is 13.9 Å². The predicted octanol–water partition coefficient (Wildman–Crippen LogP) is 4.93. The number of nitrogens with zero attached hydrogens (tertiary/aromatic N) is 2. The van der Waals surface area contributed by atoms with Crippen LogP contribution >= 0.6 is 23.1 Å². The number of oxazole rings is 1. The molecule has 0 atom stereocenters. The summed E-state index contributed by atoms with van der Waals surface area (Å²) in [4.78, 5) is 21.9. The summed E-state index contributed by atoms with van der Waals surface area (Å²) in [5.41, 5.74) is 4.75. The average Bonchev–Trinajstić information content (AvgIpc) is 3.33. The van der Waals surface area contributed by atoms with Gasteiger partial charge in [0.2, 0.25) is 5.89 Å². The van der Waals surface area contributed by atoms with Crippen molar-refractivity contribution in [1.82, 2.24) is 9.97 Å². The molecule has 130 valence electrons. The second kappa shape index (κ2) is 7.72. The highest BCUT2D eigenvalue weighted by Crippen LogP contribution is 2.27. The molecule has 0 amide bonds. The normalized spacial score (nSPS) is 10.9. The Hall–Kier alpha value is -2.64.